The summed E-state index contributed by atoms with van der Waals surface area (Å²) in [6, 6.07) is 11.0. The fourth-order valence-electron chi connectivity index (χ4n) is 3.69. The number of hydrogen-bond donors (Lipinski definition) is 1. The highest BCUT2D eigenvalue weighted by Gasteiger charge is 2.36. The van der Waals surface area contributed by atoms with Crippen molar-refractivity contribution in [2.75, 3.05) is 11.9 Å². The number of aromatic nitrogens is 2. The molecule has 3 amide bonds. The van der Waals surface area contributed by atoms with Crippen LogP contribution >= 0.6 is 11.8 Å². The zero-order chi connectivity index (χ0) is 23.2. The van der Waals surface area contributed by atoms with E-state index in [1.54, 1.807) is 49.0 Å². The minimum Gasteiger partial charge on any atom is -0.324 e. The molecule has 32 heavy (non-hydrogen) atoms. The number of imidazole rings is 1. The number of nitrogens with one attached hydrogen (secondary N) is 1. The van der Waals surface area contributed by atoms with E-state index in [1.165, 1.54) is 4.57 Å². The Balaban J connectivity index is 1.53. The van der Waals surface area contributed by atoms with Gasteiger partial charge >= 0.3 is 5.69 Å². The van der Waals surface area contributed by atoms with Gasteiger partial charge in [0.25, 0.3) is 11.1 Å². The molecule has 2 aromatic carbocycles. The fourth-order valence-corrected chi connectivity index (χ4v) is 4.53. The number of carbonyl (C=O) groups excluding carboxylic acids is 3. The lowest BCUT2D eigenvalue weighted by atomic mass is 10.1. The predicted molar refractivity (Wildman–Crippen MR) is 125 cm³/mol. The zero-order valence-electron chi connectivity index (χ0n) is 18.1. The molecule has 164 valence electrons. The molecule has 3 aromatic rings. The molecule has 1 fully saturated rings. The summed E-state index contributed by atoms with van der Waals surface area (Å²) in [5.41, 5.74) is 4.65. The fraction of sp³-hybridized carbons (Fsp3) is 0.217. The van der Waals surface area contributed by atoms with E-state index in [-0.39, 0.29) is 17.1 Å². The quantitative estimate of drug-likeness (QED) is 0.617. The molecular formula is C23H22N4O4S. The van der Waals surface area contributed by atoms with Crippen LogP contribution in [0.1, 0.15) is 16.7 Å². The number of nitrogens with zero attached hydrogens (tertiary/aromatic N) is 3. The third-order valence-corrected chi connectivity index (χ3v) is 6.33. The van der Waals surface area contributed by atoms with Crippen LogP contribution in [0.25, 0.3) is 17.1 Å². The molecule has 0 radical (unpaired) electrons. The summed E-state index contributed by atoms with van der Waals surface area (Å²) in [5.74, 6) is -0.959. The first-order chi connectivity index (χ1) is 15.2. The largest absolute Gasteiger partial charge is 0.328 e. The van der Waals surface area contributed by atoms with Gasteiger partial charge in [0, 0.05) is 19.8 Å². The number of benzene rings is 2. The summed E-state index contributed by atoms with van der Waals surface area (Å²) in [6.07, 6.45) is 1.60. The number of carbonyl (C=O) groups is 3. The van der Waals surface area contributed by atoms with E-state index in [2.05, 4.69) is 5.32 Å². The molecule has 9 heteroatoms. The molecule has 0 bridgehead atoms. The van der Waals surface area contributed by atoms with Crippen LogP contribution in [-0.4, -0.2) is 37.6 Å². The number of amides is 3. The molecule has 1 aliphatic rings. The van der Waals surface area contributed by atoms with Crippen molar-refractivity contribution in [3.8, 4) is 0 Å². The Bertz CT molecular complexity index is 1380. The Labute approximate surface area is 188 Å². The van der Waals surface area contributed by atoms with Gasteiger partial charge in [-0.25, -0.2) is 4.79 Å². The molecule has 0 unspecified atom stereocenters. The molecule has 1 aromatic heterocycles. The van der Waals surface area contributed by atoms with Crippen molar-refractivity contribution in [1.82, 2.24) is 14.0 Å². The average molecular weight is 451 g/mol. The molecule has 0 atom stereocenters. The third-order valence-electron chi connectivity index (χ3n) is 5.43. The first kappa shape index (κ1) is 21.6. The molecule has 1 aliphatic heterocycles. The first-order valence-corrected chi connectivity index (χ1v) is 10.8. The van der Waals surface area contributed by atoms with Crippen molar-refractivity contribution in [3.05, 3.63) is 68.5 Å². The van der Waals surface area contributed by atoms with Crippen LogP contribution in [0.3, 0.4) is 0 Å². The number of fused-ring (bicyclic) bond motifs is 1. The average Bonchev–Trinajstić information content (AvgIpc) is 3.12. The number of imide groups is 1. The number of anilines is 1. The van der Waals surface area contributed by atoms with E-state index in [9.17, 15) is 19.2 Å². The molecule has 2 heterocycles. The Morgan fingerprint density at radius 2 is 1.72 bits per heavy atom. The van der Waals surface area contributed by atoms with Gasteiger partial charge in [-0.1, -0.05) is 23.8 Å². The lowest BCUT2D eigenvalue weighted by Crippen LogP contribution is -2.36. The Hall–Kier alpha value is -3.59. The summed E-state index contributed by atoms with van der Waals surface area (Å²) in [5, 5.41) is 2.26. The summed E-state index contributed by atoms with van der Waals surface area (Å²) < 4.78 is 3.07. The van der Waals surface area contributed by atoms with Gasteiger partial charge in [0.2, 0.25) is 5.91 Å². The smallest absolute Gasteiger partial charge is 0.324 e. The lowest BCUT2D eigenvalue weighted by Gasteiger charge is -2.14. The van der Waals surface area contributed by atoms with Crippen LogP contribution in [0, 0.1) is 13.8 Å². The van der Waals surface area contributed by atoms with Crippen LogP contribution in [0.2, 0.25) is 0 Å². The maximum absolute atomic E-state index is 12.8. The molecule has 4 rings (SSSR count). The minimum atomic E-state index is -0.516. The van der Waals surface area contributed by atoms with E-state index in [1.807, 2.05) is 26.0 Å². The Morgan fingerprint density at radius 3 is 2.44 bits per heavy atom. The second kappa shape index (κ2) is 8.16. The van der Waals surface area contributed by atoms with Crippen molar-refractivity contribution in [2.24, 2.45) is 14.1 Å². The van der Waals surface area contributed by atoms with Gasteiger partial charge in [0.05, 0.1) is 15.9 Å². The van der Waals surface area contributed by atoms with Crippen LogP contribution in [-0.2, 0) is 23.7 Å². The van der Waals surface area contributed by atoms with E-state index in [0.29, 0.717) is 11.3 Å². The molecule has 0 saturated carbocycles. The molecule has 0 aliphatic carbocycles. The van der Waals surface area contributed by atoms with E-state index < -0.39 is 17.1 Å². The standard InChI is InChI=1S/C23H22N4O4S/c1-13-5-7-16(14(2)9-13)24-20(28)12-27-21(29)19(32-23(27)31)11-15-6-8-17-18(10-15)26(4)22(30)25(17)3/h5-11H,12H2,1-4H3,(H,24,28)/b19-11+. The SMILES string of the molecule is Cc1ccc(NC(=O)CN2C(=O)S/C(=C/c3ccc4c(c3)n(C)c(=O)n4C)C2=O)c(C)c1. The molecular weight excluding hydrogens is 428 g/mol. The lowest BCUT2D eigenvalue weighted by molar-refractivity contribution is -0.127. The van der Waals surface area contributed by atoms with Gasteiger partial charge < -0.3 is 5.32 Å². The van der Waals surface area contributed by atoms with Crippen molar-refractivity contribution in [3.63, 3.8) is 0 Å². The maximum Gasteiger partial charge on any atom is 0.328 e. The van der Waals surface area contributed by atoms with Crippen molar-refractivity contribution < 1.29 is 14.4 Å². The third kappa shape index (κ3) is 3.87. The number of aryl methyl sites for hydroxylation is 4. The van der Waals surface area contributed by atoms with E-state index >= 15 is 0 Å². The van der Waals surface area contributed by atoms with Gasteiger partial charge in [-0.15, -0.1) is 0 Å². The van der Waals surface area contributed by atoms with E-state index in [4.69, 9.17) is 0 Å². The highest BCUT2D eigenvalue weighted by Crippen LogP contribution is 2.32. The minimum absolute atomic E-state index is 0.146. The zero-order valence-corrected chi connectivity index (χ0v) is 18.9. The highest BCUT2D eigenvalue weighted by molar-refractivity contribution is 8.18. The van der Waals surface area contributed by atoms with Crippen LogP contribution in [0.15, 0.2) is 46.1 Å². The predicted octanol–water partition coefficient (Wildman–Crippen LogP) is 3.17. The van der Waals surface area contributed by atoms with Crippen LogP contribution in [0.4, 0.5) is 10.5 Å². The van der Waals surface area contributed by atoms with Crippen molar-refractivity contribution >= 4 is 51.6 Å². The monoisotopic (exact) mass is 450 g/mol. The maximum atomic E-state index is 12.8. The van der Waals surface area contributed by atoms with Gasteiger partial charge in [-0.05, 0) is 61.0 Å². The van der Waals surface area contributed by atoms with Gasteiger partial charge in [0.15, 0.2) is 0 Å². The second-order valence-electron chi connectivity index (χ2n) is 7.78. The molecule has 8 nitrogen and oxygen atoms in total. The van der Waals surface area contributed by atoms with Crippen LogP contribution < -0.4 is 11.0 Å². The first-order valence-electron chi connectivity index (χ1n) is 9.93. The number of hydrogen-bond acceptors (Lipinski definition) is 5. The van der Waals surface area contributed by atoms with Crippen molar-refractivity contribution in [2.45, 2.75) is 13.8 Å². The highest BCUT2D eigenvalue weighted by atomic mass is 32.2. The van der Waals surface area contributed by atoms with Crippen molar-refractivity contribution in [1.29, 1.82) is 0 Å². The van der Waals surface area contributed by atoms with Crippen LogP contribution in [0.5, 0.6) is 0 Å². The second-order valence-corrected chi connectivity index (χ2v) is 8.78. The topological polar surface area (TPSA) is 93.4 Å². The Morgan fingerprint density at radius 1 is 1.00 bits per heavy atom. The van der Waals surface area contributed by atoms with Gasteiger partial charge in [-0.2, -0.15) is 0 Å². The van der Waals surface area contributed by atoms with Gasteiger partial charge in [0.1, 0.15) is 6.54 Å². The molecule has 0 spiro atoms. The molecule has 1 N–H and O–H groups in total. The Kier molecular flexibility index (Phi) is 5.52. The van der Waals surface area contributed by atoms with Gasteiger partial charge in [-0.3, -0.25) is 28.4 Å². The summed E-state index contributed by atoms with van der Waals surface area (Å²) in [7, 11) is 3.37. The molecule has 1 saturated heterocycles. The number of thioether (sulfide) groups is 1. The summed E-state index contributed by atoms with van der Waals surface area (Å²) >= 11 is 0.793. The number of rotatable bonds is 4. The summed E-state index contributed by atoms with van der Waals surface area (Å²) in [4.78, 5) is 50.9. The summed E-state index contributed by atoms with van der Waals surface area (Å²) in [6.45, 7) is 3.48. The normalized spacial score (nSPS) is 15.2. The van der Waals surface area contributed by atoms with E-state index in [0.717, 1.165) is 38.8 Å².